The number of carbonyl (C=O) groups is 1. The molecule has 0 fully saturated rings. The molecule has 0 aliphatic carbocycles. The Morgan fingerprint density at radius 3 is 2.57 bits per heavy atom. The largest absolute Gasteiger partial charge is 0.497 e. The molecule has 112 valence electrons. The van der Waals surface area contributed by atoms with Gasteiger partial charge in [0.25, 0.3) is 0 Å². The van der Waals surface area contributed by atoms with Crippen LogP contribution in [-0.4, -0.2) is 19.7 Å². The summed E-state index contributed by atoms with van der Waals surface area (Å²) < 4.78 is 10.1. The Kier molecular flexibility index (Phi) is 5.22. The third-order valence-electron chi connectivity index (χ3n) is 3.13. The van der Waals surface area contributed by atoms with E-state index < -0.39 is 0 Å². The van der Waals surface area contributed by atoms with E-state index in [4.69, 9.17) is 15.2 Å². The molecule has 2 N–H and O–H groups in total. The summed E-state index contributed by atoms with van der Waals surface area (Å²) in [5.41, 5.74) is 7.58. The van der Waals surface area contributed by atoms with Crippen molar-refractivity contribution in [2.45, 2.75) is 19.8 Å². The molecule has 21 heavy (non-hydrogen) atoms. The number of thiophene rings is 1. The fourth-order valence-corrected chi connectivity index (χ4v) is 2.92. The highest BCUT2D eigenvalue weighted by atomic mass is 32.1. The summed E-state index contributed by atoms with van der Waals surface area (Å²) in [7, 11) is 1.65. The molecule has 1 aromatic heterocycles. The summed E-state index contributed by atoms with van der Waals surface area (Å²) in [5, 5.41) is 0.526. The maximum atomic E-state index is 11.7. The van der Waals surface area contributed by atoms with Gasteiger partial charge >= 0.3 is 5.97 Å². The highest BCUT2D eigenvalue weighted by Crippen LogP contribution is 2.27. The minimum absolute atomic E-state index is 0.345. The van der Waals surface area contributed by atoms with Gasteiger partial charge in [-0.25, -0.2) is 4.79 Å². The number of hydrogen-bond acceptors (Lipinski definition) is 5. The van der Waals surface area contributed by atoms with Crippen molar-refractivity contribution in [3.05, 3.63) is 46.3 Å². The molecule has 0 unspecified atom stereocenters. The second kappa shape index (κ2) is 7.13. The van der Waals surface area contributed by atoms with Gasteiger partial charge in [-0.3, -0.25) is 0 Å². The van der Waals surface area contributed by atoms with Crippen LogP contribution < -0.4 is 10.5 Å². The molecule has 5 heteroatoms. The lowest BCUT2D eigenvalue weighted by Crippen LogP contribution is -2.05. The number of hydrogen-bond donors (Lipinski definition) is 1. The molecule has 2 rings (SSSR count). The van der Waals surface area contributed by atoms with E-state index >= 15 is 0 Å². The lowest BCUT2D eigenvalue weighted by atomic mass is 10.1. The summed E-state index contributed by atoms with van der Waals surface area (Å²) in [6, 6.07) is 9.82. The Balaban J connectivity index is 1.99. The van der Waals surface area contributed by atoms with E-state index in [-0.39, 0.29) is 5.97 Å². The van der Waals surface area contributed by atoms with Crippen molar-refractivity contribution >= 4 is 22.3 Å². The van der Waals surface area contributed by atoms with Crippen LogP contribution in [0.5, 0.6) is 5.75 Å². The molecule has 0 aliphatic rings. The Bertz CT molecular complexity index is 604. The first-order valence-electron chi connectivity index (χ1n) is 6.82. The van der Waals surface area contributed by atoms with Crippen LogP contribution in [0.1, 0.15) is 27.7 Å². The van der Waals surface area contributed by atoms with E-state index in [1.54, 1.807) is 14.0 Å². The van der Waals surface area contributed by atoms with Crippen LogP contribution in [0.2, 0.25) is 0 Å². The zero-order valence-corrected chi connectivity index (χ0v) is 13.0. The van der Waals surface area contributed by atoms with Crippen molar-refractivity contribution in [2.75, 3.05) is 19.5 Å². The molecule has 4 nitrogen and oxygen atoms in total. The van der Waals surface area contributed by atoms with Crippen molar-refractivity contribution in [1.29, 1.82) is 0 Å². The van der Waals surface area contributed by atoms with E-state index in [2.05, 4.69) is 0 Å². The minimum atomic E-state index is -0.345. The average molecular weight is 305 g/mol. The Morgan fingerprint density at radius 2 is 1.95 bits per heavy atom. The van der Waals surface area contributed by atoms with E-state index in [1.807, 2.05) is 30.3 Å². The maximum Gasteiger partial charge on any atom is 0.341 e. The van der Waals surface area contributed by atoms with Gasteiger partial charge in [0.15, 0.2) is 0 Å². The smallest absolute Gasteiger partial charge is 0.341 e. The Hall–Kier alpha value is -2.01. The van der Waals surface area contributed by atoms with Gasteiger partial charge in [0, 0.05) is 4.88 Å². The highest BCUT2D eigenvalue weighted by molar-refractivity contribution is 7.16. The van der Waals surface area contributed by atoms with Crippen molar-refractivity contribution in [3.8, 4) is 5.75 Å². The van der Waals surface area contributed by atoms with Crippen molar-refractivity contribution in [3.63, 3.8) is 0 Å². The van der Waals surface area contributed by atoms with Crippen LogP contribution in [0, 0.1) is 0 Å². The number of rotatable bonds is 6. The van der Waals surface area contributed by atoms with E-state index in [0.29, 0.717) is 17.2 Å². The second-order valence-corrected chi connectivity index (χ2v) is 5.73. The zero-order chi connectivity index (χ0) is 15.2. The molecule has 1 aromatic carbocycles. The normalized spacial score (nSPS) is 10.4. The predicted octanol–water partition coefficient (Wildman–Crippen LogP) is 3.30. The molecule has 0 radical (unpaired) electrons. The number of esters is 1. The fraction of sp³-hybridized carbons (Fsp3) is 0.312. The Labute approximate surface area is 128 Å². The Morgan fingerprint density at radius 1 is 1.24 bits per heavy atom. The van der Waals surface area contributed by atoms with Gasteiger partial charge in [-0.1, -0.05) is 12.1 Å². The van der Waals surface area contributed by atoms with Crippen LogP contribution in [0.4, 0.5) is 5.00 Å². The fourth-order valence-electron chi connectivity index (χ4n) is 2.01. The van der Waals surface area contributed by atoms with E-state index in [1.165, 1.54) is 16.9 Å². The van der Waals surface area contributed by atoms with E-state index in [9.17, 15) is 4.79 Å². The van der Waals surface area contributed by atoms with Crippen LogP contribution in [-0.2, 0) is 17.6 Å². The maximum absolute atomic E-state index is 11.7. The first-order valence-corrected chi connectivity index (χ1v) is 7.64. The van der Waals surface area contributed by atoms with Gasteiger partial charge < -0.3 is 15.2 Å². The first-order chi connectivity index (χ1) is 10.1. The number of aryl methyl sites for hydroxylation is 2. The number of anilines is 1. The molecule has 0 saturated carbocycles. The topological polar surface area (TPSA) is 61.5 Å². The van der Waals surface area contributed by atoms with Crippen LogP contribution in [0.25, 0.3) is 0 Å². The van der Waals surface area contributed by atoms with Crippen LogP contribution in [0.3, 0.4) is 0 Å². The number of carbonyl (C=O) groups excluding carboxylic acids is 1. The molecule has 0 saturated heterocycles. The molecule has 0 bridgehead atoms. The molecule has 0 amide bonds. The third-order valence-corrected chi connectivity index (χ3v) is 4.15. The summed E-state index contributed by atoms with van der Waals surface area (Å²) in [5.74, 6) is 0.505. The summed E-state index contributed by atoms with van der Waals surface area (Å²) >= 11 is 1.45. The SMILES string of the molecule is CCOC(=O)c1cc(CCc2ccc(OC)cc2)sc1N. The predicted molar refractivity (Wildman–Crippen MR) is 85.1 cm³/mol. The van der Waals surface area contributed by atoms with Gasteiger partial charge in [-0.05, 0) is 43.5 Å². The van der Waals surface area contributed by atoms with Crippen LogP contribution >= 0.6 is 11.3 Å². The molecule has 0 spiro atoms. The lowest BCUT2D eigenvalue weighted by Gasteiger charge is -2.02. The second-order valence-electron chi connectivity index (χ2n) is 4.56. The van der Waals surface area contributed by atoms with E-state index in [0.717, 1.165) is 23.5 Å². The average Bonchev–Trinajstić information content (AvgIpc) is 2.87. The van der Waals surface area contributed by atoms with Crippen LogP contribution in [0.15, 0.2) is 30.3 Å². The molecule has 1 heterocycles. The molecular weight excluding hydrogens is 286 g/mol. The van der Waals surface area contributed by atoms with Gasteiger partial charge in [-0.15, -0.1) is 11.3 Å². The highest BCUT2D eigenvalue weighted by Gasteiger charge is 2.14. The van der Waals surface area contributed by atoms with Gasteiger partial charge in [0.05, 0.1) is 19.3 Å². The van der Waals surface area contributed by atoms with Gasteiger partial charge in [0.2, 0.25) is 0 Å². The number of nitrogens with two attached hydrogens (primary N) is 1. The number of ether oxygens (including phenoxy) is 2. The van der Waals surface area contributed by atoms with Gasteiger partial charge in [-0.2, -0.15) is 0 Å². The standard InChI is InChI=1S/C16H19NO3S/c1-3-20-16(18)14-10-13(21-15(14)17)9-6-11-4-7-12(19-2)8-5-11/h4-5,7-8,10H,3,6,9,17H2,1-2H3. The monoisotopic (exact) mass is 305 g/mol. The molecule has 0 aliphatic heterocycles. The minimum Gasteiger partial charge on any atom is -0.497 e. The number of nitrogen functional groups attached to an aromatic ring is 1. The summed E-state index contributed by atoms with van der Waals surface area (Å²) in [6.45, 7) is 2.14. The molecule has 0 atom stereocenters. The molecular formula is C16H19NO3S. The quantitative estimate of drug-likeness (QED) is 0.832. The van der Waals surface area contributed by atoms with Crippen molar-refractivity contribution < 1.29 is 14.3 Å². The first kappa shape index (κ1) is 15.4. The molecule has 2 aromatic rings. The van der Waals surface area contributed by atoms with Gasteiger partial charge in [0.1, 0.15) is 10.8 Å². The van der Waals surface area contributed by atoms with Crippen molar-refractivity contribution in [1.82, 2.24) is 0 Å². The number of benzene rings is 1. The van der Waals surface area contributed by atoms with Crippen molar-refractivity contribution in [2.24, 2.45) is 0 Å². The lowest BCUT2D eigenvalue weighted by molar-refractivity contribution is 0.0528. The number of methoxy groups -OCH3 is 1. The summed E-state index contributed by atoms with van der Waals surface area (Å²) in [4.78, 5) is 12.8. The summed E-state index contributed by atoms with van der Waals surface area (Å²) in [6.07, 6.45) is 1.74. The third kappa shape index (κ3) is 3.98. The zero-order valence-electron chi connectivity index (χ0n) is 12.2.